The van der Waals surface area contributed by atoms with Crippen molar-refractivity contribution in [3.63, 3.8) is 0 Å². The number of carbonyl (C=O) groups is 2. The Balaban J connectivity index is 1.43. The summed E-state index contributed by atoms with van der Waals surface area (Å²) < 4.78 is 1.60. The van der Waals surface area contributed by atoms with Gasteiger partial charge in [-0.2, -0.15) is 5.10 Å². The molecule has 2 aromatic heterocycles. The van der Waals surface area contributed by atoms with E-state index in [-0.39, 0.29) is 17.7 Å². The van der Waals surface area contributed by atoms with Gasteiger partial charge in [0.2, 0.25) is 5.91 Å². The molecule has 27 heavy (non-hydrogen) atoms. The lowest BCUT2D eigenvalue weighted by Crippen LogP contribution is -2.28. The van der Waals surface area contributed by atoms with Crippen molar-refractivity contribution < 1.29 is 9.59 Å². The first-order valence-electron chi connectivity index (χ1n) is 9.10. The third-order valence-corrected chi connectivity index (χ3v) is 4.92. The van der Waals surface area contributed by atoms with Gasteiger partial charge in [-0.1, -0.05) is 18.6 Å². The molecule has 1 saturated carbocycles. The molecular formula is C20H21N5O2. The minimum atomic E-state index is -0.217. The van der Waals surface area contributed by atoms with Gasteiger partial charge in [-0.3, -0.25) is 9.59 Å². The van der Waals surface area contributed by atoms with Gasteiger partial charge in [0, 0.05) is 30.5 Å². The van der Waals surface area contributed by atoms with Crippen LogP contribution in [0.15, 0.2) is 42.7 Å². The highest BCUT2D eigenvalue weighted by Gasteiger charge is 2.25. The van der Waals surface area contributed by atoms with Crippen molar-refractivity contribution in [3.8, 4) is 0 Å². The summed E-state index contributed by atoms with van der Waals surface area (Å²) in [6, 6.07) is 9.31. The third-order valence-electron chi connectivity index (χ3n) is 4.92. The Hall–Kier alpha value is -3.22. The third kappa shape index (κ3) is 3.53. The second-order valence-electron chi connectivity index (χ2n) is 6.85. The number of nitrogens with one attached hydrogen (secondary N) is 2. The van der Waals surface area contributed by atoms with Crippen molar-refractivity contribution in [2.45, 2.75) is 32.7 Å². The van der Waals surface area contributed by atoms with Crippen molar-refractivity contribution in [1.82, 2.24) is 19.9 Å². The van der Waals surface area contributed by atoms with E-state index in [2.05, 4.69) is 20.7 Å². The van der Waals surface area contributed by atoms with Crippen molar-refractivity contribution >= 4 is 23.1 Å². The molecule has 138 valence electrons. The Morgan fingerprint density at radius 2 is 2.11 bits per heavy atom. The van der Waals surface area contributed by atoms with Crippen LogP contribution in [0.5, 0.6) is 0 Å². The highest BCUT2D eigenvalue weighted by molar-refractivity contribution is 6.01. The zero-order valence-electron chi connectivity index (χ0n) is 15.1. The lowest BCUT2D eigenvalue weighted by Gasteiger charge is -2.24. The molecule has 1 fully saturated rings. The molecule has 0 saturated heterocycles. The average Bonchev–Trinajstić information content (AvgIpc) is 2.94. The van der Waals surface area contributed by atoms with E-state index in [4.69, 9.17) is 0 Å². The average molecular weight is 363 g/mol. The Morgan fingerprint density at radius 3 is 2.89 bits per heavy atom. The van der Waals surface area contributed by atoms with Gasteiger partial charge in [-0.25, -0.2) is 9.50 Å². The minimum absolute atomic E-state index is 0.0792. The molecule has 7 nitrogen and oxygen atoms in total. The highest BCUT2D eigenvalue weighted by Crippen LogP contribution is 2.27. The van der Waals surface area contributed by atoms with Gasteiger partial charge in [0.05, 0.1) is 5.69 Å². The molecule has 1 aromatic carbocycles. The van der Waals surface area contributed by atoms with Crippen LogP contribution >= 0.6 is 0 Å². The SMILES string of the molecule is Cc1nn2cccnc2c1C(=O)NCc1cccc(NC(=O)C2CCC2)c1. The first kappa shape index (κ1) is 17.2. The number of anilines is 1. The van der Waals surface area contributed by atoms with E-state index >= 15 is 0 Å². The second kappa shape index (κ2) is 7.19. The van der Waals surface area contributed by atoms with Crippen LogP contribution in [-0.2, 0) is 11.3 Å². The quantitative estimate of drug-likeness (QED) is 0.729. The van der Waals surface area contributed by atoms with Gasteiger partial charge in [0.1, 0.15) is 5.56 Å². The minimum Gasteiger partial charge on any atom is -0.348 e. The predicted molar refractivity (Wildman–Crippen MR) is 101 cm³/mol. The molecule has 0 spiro atoms. The van der Waals surface area contributed by atoms with Crippen molar-refractivity contribution in [2.24, 2.45) is 5.92 Å². The fraction of sp³-hybridized carbons (Fsp3) is 0.300. The summed E-state index contributed by atoms with van der Waals surface area (Å²) in [6.45, 7) is 2.15. The van der Waals surface area contributed by atoms with E-state index in [1.165, 1.54) is 0 Å². The molecule has 3 aromatic rings. The maximum atomic E-state index is 12.6. The van der Waals surface area contributed by atoms with Crippen LogP contribution in [0.4, 0.5) is 5.69 Å². The molecule has 2 amide bonds. The van der Waals surface area contributed by atoms with Crippen molar-refractivity contribution in [1.29, 1.82) is 0 Å². The normalized spacial score (nSPS) is 14.0. The number of aryl methyl sites for hydroxylation is 1. The summed E-state index contributed by atoms with van der Waals surface area (Å²) in [5.41, 5.74) is 3.32. The van der Waals surface area contributed by atoms with Crippen molar-refractivity contribution in [2.75, 3.05) is 5.32 Å². The summed E-state index contributed by atoms with van der Waals surface area (Å²) >= 11 is 0. The van der Waals surface area contributed by atoms with Crippen LogP contribution < -0.4 is 10.6 Å². The van der Waals surface area contributed by atoms with Crippen LogP contribution in [0.1, 0.15) is 40.9 Å². The van der Waals surface area contributed by atoms with Gasteiger partial charge in [-0.15, -0.1) is 0 Å². The number of nitrogens with zero attached hydrogens (tertiary/aromatic N) is 3. The van der Waals surface area contributed by atoms with Gasteiger partial charge in [0.25, 0.3) is 5.91 Å². The summed E-state index contributed by atoms with van der Waals surface area (Å²) in [7, 11) is 0. The Morgan fingerprint density at radius 1 is 1.26 bits per heavy atom. The first-order valence-corrected chi connectivity index (χ1v) is 9.10. The lowest BCUT2D eigenvalue weighted by atomic mass is 9.85. The number of benzene rings is 1. The molecule has 0 unspecified atom stereocenters. The number of amides is 2. The smallest absolute Gasteiger partial charge is 0.257 e. The monoisotopic (exact) mass is 363 g/mol. The fourth-order valence-corrected chi connectivity index (χ4v) is 3.21. The summed E-state index contributed by atoms with van der Waals surface area (Å²) in [4.78, 5) is 29.0. The molecule has 0 radical (unpaired) electrons. The largest absolute Gasteiger partial charge is 0.348 e. The van der Waals surface area contributed by atoms with Crippen LogP contribution in [0.3, 0.4) is 0 Å². The predicted octanol–water partition coefficient (Wildman–Crippen LogP) is 2.71. The second-order valence-corrected chi connectivity index (χ2v) is 6.85. The molecule has 2 N–H and O–H groups in total. The van der Waals surface area contributed by atoms with Gasteiger partial charge < -0.3 is 10.6 Å². The van der Waals surface area contributed by atoms with Crippen LogP contribution in [-0.4, -0.2) is 26.4 Å². The van der Waals surface area contributed by atoms with Gasteiger partial charge in [-0.05, 0) is 43.5 Å². The van der Waals surface area contributed by atoms with E-state index in [1.807, 2.05) is 24.3 Å². The van der Waals surface area contributed by atoms with E-state index in [1.54, 1.807) is 29.9 Å². The Bertz CT molecular complexity index is 1010. The molecule has 0 atom stereocenters. The molecular weight excluding hydrogens is 342 g/mol. The number of fused-ring (bicyclic) bond motifs is 1. The lowest BCUT2D eigenvalue weighted by molar-refractivity contribution is -0.122. The van der Waals surface area contributed by atoms with Crippen LogP contribution in [0.2, 0.25) is 0 Å². The Kier molecular flexibility index (Phi) is 4.58. The van der Waals surface area contributed by atoms with Crippen LogP contribution in [0.25, 0.3) is 5.65 Å². The van der Waals surface area contributed by atoms with Gasteiger partial charge in [0.15, 0.2) is 5.65 Å². The zero-order chi connectivity index (χ0) is 18.8. The Labute approximate surface area is 156 Å². The van der Waals surface area contributed by atoms with E-state index in [0.29, 0.717) is 23.4 Å². The summed E-state index contributed by atoms with van der Waals surface area (Å²) in [5.74, 6) is 0.0000482. The molecule has 2 heterocycles. The van der Waals surface area contributed by atoms with Gasteiger partial charge >= 0.3 is 0 Å². The first-order chi connectivity index (χ1) is 13.1. The molecule has 7 heteroatoms. The topological polar surface area (TPSA) is 88.4 Å². The highest BCUT2D eigenvalue weighted by atomic mass is 16.2. The maximum absolute atomic E-state index is 12.6. The number of hydrogen-bond acceptors (Lipinski definition) is 4. The van der Waals surface area contributed by atoms with E-state index in [0.717, 1.165) is 30.5 Å². The van der Waals surface area contributed by atoms with E-state index < -0.39 is 0 Å². The number of carbonyl (C=O) groups excluding carboxylic acids is 2. The van der Waals surface area contributed by atoms with E-state index in [9.17, 15) is 9.59 Å². The molecule has 1 aliphatic rings. The summed E-state index contributed by atoms with van der Waals surface area (Å²) in [5, 5.41) is 10.2. The maximum Gasteiger partial charge on any atom is 0.257 e. The van der Waals surface area contributed by atoms with Crippen molar-refractivity contribution in [3.05, 3.63) is 59.5 Å². The number of hydrogen-bond donors (Lipinski definition) is 2. The molecule has 1 aliphatic carbocycles. The summed E-state index contributed by atoms with van der Waals surface area (Å²) in [6.07, 6.45) is 6.47. The number of aromatic nitrogens is 3. The zero-order valence-corrected chi connectivity index (χ0v) is 15.1. The van der Waals surface area contributed by atoms with Crippen LogP contribution in [0, 0.1) is 12.8 Å². The molecule has 4 rings (SSSR count). The molecule has 0 bridgehead atoms. The fourth-order valence-electron chi connectivity index (χ4n) is 3.21. The molecule has 0 aliphatic heterocycles. The number of rotatable bonds is 5. The standard InChI is InChI=1S/C20H21N5O2/c1-13-17(18-21-9-4-10-25(18)24-13)20(27)22-12-14-5-2-8-16(11-14)23-19(26)15-6-3-7-15/h2,4-5,8-11,15H,3,6-7,12H2,1H3,(H,22,27)(H,23,26).